The van der Waals surface area contributed by atoms with E-state index in [4.69, 9.17) is 0 Å². The van der Waals surface area contributed by atoms with Crippen molar-refractivity contribution < 1.29 is 23.5 Å². The first-order valence-corrected chi connectivity index (χ1v) is 11.2. The lowest BCUT2D eigenvalue weighted by atomic mass is 10.1. The Morgan fingerprint density at radius 1 is 1.27 bits per heavy atom. The zero-order chi connectivity index (χ0) is 23.4. The Bertz CT molecular complexity index is 1360. The van der Waals surface area contributed by atoms with E-state index in [9.17, 15) is 28.3 Å². The molecule has 0 saturated carbocycles. The van der Waals surface area contributed by atoms with Gasteiger partial charge in [-0.05, 0) is 48.9 Å². The van der Waals surface area contributed by atoms with Gasteiger partial charge >= 0.3 is 0 Å². The molecule has 2 amide bonds. The highest BCUT2D eigenvalue weighted by atomic mass is 32.1. The smallest absolute Gasteiger partial charge is 0.279 e. The summed E-state index contributed by atoms with van der Waals surface area (Å²) >= 11 is 1.54. The fraction of sp³-hybridized carbons (Fsp3) is 0.261. The lowest BCUT2D eigenvalue weighted by molar-refractivity contribution is 0.0929. The molecule has 2 N–H and O–H groups in total. The molecule has 0 aliphatic carbocycles. The second-order valence-corrected chi connectivity index (χ2v) is 9.20. The summed E-state index contributed by atoms with van der Waals surface area (Å²) in [7, 11) is 0. The van der Waals surface area contributed by atoms with Crippen LogP contribution in [0.2, 0.25) is 0 Å². The van der Waals surface area contributed by atoms with Crippen molar-refractivity contribution in [3.05, 3.63) is 78.9 Å². The van der Waals surface area contributed by atoms with Gasteiger partial charge in [-0.15, -0.1) is 11.3 Å². The highest BCUT2D eigenvalue weighted by Gasteiger charge is 2.38. The van der Waals surface area contributed by atoms with Crippen LogP contribution in [0.15, 0.2) is 34.6 Å². The van der Waals surface area contributed by atoms with E-state index in [0.717, 1.165) is 22.7 Å². The fourth-order valence-electron chi connectivity index (χ4n) is 4.45. The lowest BCUT2D eigenvalue weighted by Crippen LogP contribution is -2.44. The SMILES string of the molecule is Cc1cc(F)c(CNC(=O)c2cn3c(c(O)c2=O)C(=O)N2CC3CCc3sccc32)c(F)c1. The van der Waals surface area contributed by atoms with Crippen molar-refractivity contribution in [3.63, 3.8) is 0 Å². The molecule has 3 aromatic rings. The number of nitrogens with one attached hydrogen (secondary N) is 1. The van der Waals surface area contributed by atoms with Crippen molar-refractivity contribution in [2.24, 2.45) is 0 Å². The number of pyridine rings is 1. The predicted molar refractivity (Wildman–Crippen MR) is 118 cm³/mol. The van der Waals surface area contributed by atoms with E-state index in [-0.39, 0.29) is 17.3 Å². The maximum atomic E-state index is 14.1. The summed E-state index contributed by atoms with van der Waals surface area (Å²) in [5.41, 5.74) is -0.741. The van der Waals surface area contributed by atoms with Crippen LogP contribution < -0.4 is 15.6 Å². The van der Waals surface area contributed by atoms with Gasteiger partial charge in [-0.25, -0.2) is 8.78 Å². The number of rotatable bonds is 3. The first-order chi connectivity index (χ1) is 15.8. The normalized spacial score (nSPS) is 16.8. The molecule has 2 aliphatic heterocycles. The largest absolute Gasteiger partial charge is 0.503 e. The Balaban J connectivity index is 1.49. The van der Waals surface area contributed by atoms with Crippen molar-refractivity contribution in [2.45, 2.75) is 32.4 Å². The molecule has 1 aromatic carbocycles. The number of aromatic hydroxyl groups is 1. The van der Waals surface area contributed by atoms with Crippen LogP contribution in [0.4, 0.5) is 14.5 Å². The summed E-state index contributed by atoms with van der Waals surface area (Å²) in [6.07, 6.45) is 2.61. The number of benzene rings is 1. The molecule has 10 heteroatoms. The minimum atomic E-state index is -1.01. The number of aryl methyl sites for hydroxylation is 2. The molecule has 2 bridgehead atoms. The van der Waals surface area contributed by atoms with E-state index in [2.05, 4.69) is 5.32 Å². The van der Waals surface area contributed by atoms with Gasteiger partial charge in [0.1, 0.15) is 17.2 Å². The Morgan fingerprint density at radius 3 is 2.73 bits per heavy atom. The molecule has 5 rings (SSSR count). The van der Waals surface area contributed by atoms with E-state index in [1.807, 2.05) is 11.4 Å². The zero-order valence-electron chi connectivity index (χ0n) is 17.5. The predicted octanol–water partition coefficient (Wildman–Crippen LogP) is 3.28. The number of hydrogen-bond acceptors (Lipinski definition) is 5. The average Bonchev–Trinajstić information content (AvgIpc) is 3.16. The van der Waals surface area contributed by atoms with Crippen molar-refractivity contribution in [2.75, 3.05) is 11.4 Å². The van der Waals surface area contributed by atoms with Gasteiger partial charge in [0.25, 0.3) is 11.8 Å². The van der Waals surface area contributed by atoms with Gasteiger partial charge in [0, 0.05) is 29.7 Å². The van der Waals surface area contributed by atoms with Gasteiger partial charge in [-0.2, -0.15) is 0 Å². The van der Waals surface area contributed by atoms with Gasteiger partial charge in [-0.3, -0.25) is 14.4 Å². The molecule has 2 aliphatic rings. The van der Waals surface area contributed by atoms with Crippen LogP contribution in [-0.4, -0.2) is 28.0 Å². The quantitative estimate of drug-likeness (QED) is 0.613. The van der Waals surface area contributed by atoms with Crippen LogP contribution in [0.3, 0.4) is 0 Å². The third kappa shape index (κ3) is 3.41. The molecule has 2 aromatic heterocycles. The lowest BCUT2D eigenvalue weighted by Gasteiger charge is -2.34. The van der Waals surface area contributed by atoms with Gasteiger partial charge < -0.3 is 19.9 Å². The van der Waals surface area contributed by atoms with Crippen molar-refractivity contribution in [3.8, 4) is 5.75 Å². The van der Waals surface area contributed by atoms with Crippen LogP contribution in [-0.2, 0) is 13.0 Å². The topological polar surface area (TPSA) is 91.6 Å². The van der Waals surface area contributed by atoms with Crippen molar-refractivity contribution in [1.82, 2.24) is 9.88 Å². The molecular weight excluding hydrogens is 452 g/mol. The van der Waals surface area contributed by atoms with Crippen LogP contribution in [0.25, 0.3) is 0 Å². The highest BCUT2D eigenvalue weighted by molar-refractivity contribution is 7.10. The molecule has 0 radical (unpaired) electrons. The number of carbonyl (C=O) groups excluding carboxylic acids is 2. The monoisotopic (exact) mass is 471 g/mol. The van der Waals surface area contributed by atoms with E-state index >= 15 is 0 Å². The molecule has 0 fully saturated rings. The number of hydrogen-bond donors (Lipinski definition) is 2. The second kappa shape index (κ2) is 7.80. The van der Waals surface area contributed by atoms with Crippen LogP contribution in [0, 0.1) is 18.6 Å². The Hall–Kier alpha value is -3.53. The Labute approximate surface area is 190 Å². The number of anilines is 1. The molecule has 7 nitrogen and oxygen atoms in total. The van der Waals surface area contributed by atoms with Crippen molar-refractivity contribution >= 4 is 28.8 Å². The zero-order valence-corrected chi connectivity index (χ0v) is 18.3. The number of fused-ring (bicyclic) bond motifs is 6. The summed E-state index contributed by atoms with van der Waals surface area (Å²) in [5.74, 6) is -3.84. The molecule has 0 saturated heterocycles. The number of nitrogens with zero attached hydrogens (tertiary/aromatic N) is 2. The minimum absolute atomic E-state index is 0.164. The maximum Gasteiger partial charge on any atom is 0.279 e. The fourth-order valence-corrected chi connectivity index (χ4v) is 5.35. The number of carbonyl (C=O) groups is 2. The van der Waals surface area contributed by atoms with Gasteiger partial charge in [-0.1, -0.05) is 0 Å². The first kappa shape index (κ1) is 21.3. The van der Waals surface area contributed by atoms with Crippen LogP contribution >= 0.6 is 11.3 Å². The van der Waals surface area contributed by atoms with E-state index in [1.54, 1.807) is 11.8 Å². The number of aromatic nitrogens is 1. The average molecular weight is 471 g/mol. The first-order valence-electron chi connectivity index (χ1n) is 10.3. The van der Waals surface area contributed by atoms with Gasteiger partial charge in [0.15, 0.2) is 11.4 Å². The van der Waals surface area contributed by atoms with E-state index < -0.39 is 46.7 Å². The third-order valence-corrected chi connectivity index (χ3v) is 7.09. The van der Waals surface area contributed by atoms with Crippen molar-refractivity contribution in [1.29, 1.82) is 0 Å². The summed E-state index contributed by atoms with van der Waals surface area (Å²) in [6.45, 7) is 1.41. The summed E-state index contributed by atoms with van der Waals surface area (Å²) in [5, 5.41) is 14.9. The number of thiophene rings is 1. The summed E-state index contributed by atoms with van der Waals surface area (Å²) < 4.78 is 29.7. The highest BCUT2D eigenvalue weighted by Crippen LogP contribution is 2.39. The summed E-state index contributed by atoms with van der Waals surface area (Å²) in [6, 6.07) is 3.89. The minimum Gasteiger partial charge on any atom is -0.503 e. The Morgan fingerprint density at radius 2 is 2.00 bits per heavy atom. The van der Waals surface area contributed by atoms with E-state index in [1.165, 1.54) is 22.1 Å². The standard InChI is InChI=1S/C23H19F2N3O4S/c1-11-6-15(24)13(16(25)7-11)8-26-22(31)14-10-27-12-2-3-18-17(4-5-33-18)28(9-12)23(32)19(27)21(30)20(14)29/h4-7,10,12,30H,2-3,8-9H2,1H3,(H,26,31). The number of halogens is 2. The maximum absolute atomic E-state index is 14.1. The second-order valence-electron chi connectivity index (χ2n) is 8.20. The Kier molecular flexibility index (Phi) is 5.04. The molecule has 1 atom stereocenters. The molecular formula is C23H19F2N3O4S. The molecule has 4 heterocycles. The molecule has 0 spiro atoms. The molecule has 33 heavy (non-hydrogen) atoms. The molecule has 170 valence electrons. The van der Waals surface area contributed by atoms with Gasteiger partial charge in [0.05, 0.1) is 11.7 Å². The number of amides is 2. The third-order valence-electron chi connectivity index (χ3n) is 6.12. The summed E-state index contributed by atoms with van der Waals surface area (Å²) in [4.78, 5) is 41.3. The van der Waals surface area contributed by atoms with Crippen LogP contribution in [0.5, 0.6) is 5.75 Å². The van der Waals surface area contributed by atoms with E-state index in [0.29, 0.717) is 24.9 Å². The molecule has 1 unspecified atom stereocenters. The van der Waals surface area contributed by atoms with Crippen LogP contribution in [0.1, 0.15) is 49.3 Å². The van der Waals surface area contributed by atoms with Gasteiger partial charge in [0.2, 0.25) is 5.43 Å².